The Bertz CT molecular complexity index is 317. The molecule has 1 aromatic rings. The van der Waals surface area contributed by atoms with Crippen molar-refractivity contribution >= 4 is 5.95 Å². The van der Waals surface area contributed by atoms with Gasteiger partial charge in [0.2, 0.25) is 5.95 Å². The summed E-state index contributed by atoms with van der Waals surface area (Å²) in [5.74, 6) is 0.952. The Hall–Kier alpha value is -1.25. The van der Waals surface area contributed by atoms with Crippen LogP contribution in [-0.4, -0.2) is 16.1 Å². The monoisotopic (exact) mass is 235 g/mol. The van der Waals surface area contributed by atoms with E-state index in [-0.39, 0.29) is 0 Å². The molecule has 0 amide bonds. The lowest BCUT2D eigenvalue weighted by Crippen LogP contribution is -2.10. The summed E-state index contributed by atoms with van der Waals surface area (Å²) >= 11 is 0. The van der Waals surface area contributed by atoms with E-state index >= 15 is 0 Å². The molecule has 0 saturated carbocycles. The van der Waals surface area contributed by atoms with Gasteiger partial charge in [0.15, 0.2) is 0 Å². The lowest BCUT2D eigenvalue weighted by molar-refractivity contribution is 0.476. The third kappa shape index (κ3) is 4.63. The number of hydrogen-bond donors (Lipinski definition) is 1. The molecule has 3 heteroatoms. The van der Waals surface area contributed by atoms with Crippen molar-refractivity contribution in [2.45, 2.75) is 52.0 Å². The fraction of sp³-hybridized carbons (Fsp3) is 0.643. The summed E-state index contributed by atoms with van der Waals surface area (Å²) in [5, 5.41) is 3.26. The minimum absolute atomic E-state index is 0.515. The van der Waals surface area contributed by atoms with E-state index in [2.05, 4.69) is 41.5 Å². The Labute approximate surface area is 105 Å². The first-order valence-electron chi connectivity index (χ1n) is 6.67. The van der Waals surface area contributed by atoms with Crippen LogP contribution in [0.2, 0.25) is 0 Å². The molecule has 0 radical (unpaired) electrons. The largest absolute Gasteiger partial charge is 0.352 e. The summed E-state index contributed by atoms with van der Waals surface area (Å²) < 4.78 is 2.22. The zero-order valence-corrected chi connectivity index (χ0v) is 11.2. The molecular formula is C14H25N3. The van der Waals surface area contributed by atoms with Crippen LogP contribution >= 0.6 is 0 Å². The number of hydrogen-bond acceptors (Lipinski definition) is 2. The Morgan fingerprint density at radius 3 is 3.00 bits per heavy atom. The molecule has 96 valence electrons. The molecule has 1 unspecified atom stereocenters. The molecule has 0 bridgehead atoms. The quantitative estimate of drug-likeness (QED) is 0.517. The van der Waals surface area contributed by atoms with Gasteiger partial charge in [-0.1, -0.05) is 38.7 Å². The summed E-state index contributed by atoms with van der Waals surface area (Å²) in [5.41, 5.74) is 0. The maximum absolute atomic E-state index is 4.32. The minimum atomic E-state index is 0.515. The second-order valence-corrected chi connectivity index (χ2v) is 4.53. The Morgan fingerprint density at radius 2 is 2.29 bits per heavy atom. The van der Waals surface area contributed by atoms with Crippen LogP contribution in [0.25, 0.3) is 0 Å². The first-order valence-corrected chi connectivity index (χ1v) is 6.67. The Balaban J connectivity index is 2.41. The average Bonchev–Trinajstić information content (AvgIpc) is 2.80. The van der Waals surface area contributed by atoms with Gasteiger partial charge in [-0.2, -0.15) is 0 Å². The van der Waals surface area contributed by atoms with Gasteiger partial charge in [0.1, 0.15) is 0 Å². The zero-order valence-electron chi connectivity index (χ0n) is 11.2. The standard InChI is InChI=1S/C14H25N3/c1-4-6-7-8-9-13(3)17-12-11-16-14(17)15-10-5-2/h5,11-13H,2,4,6-10H2,1,3H3,(H,15,16). The molecule has 1 rings (SSSR count). The molecule has 3 nitrogen and oxygen atoms in total. The molecule has 1 atom stereocenters. The summed E-state index contributed by atoms with van der Waals surface area (Å²) in [6, 6.07) is 0.515. The van der Waals surface area contributed by atoms with Crippen LogP contribution in [0.5, 0.6) is 0 Å². The highest BCUT2D eigenvalue weighted by Crippen LogP contribution is 2.19. The topological polar surface area (TPSA) is 29.9 Å². The summed E-state index contributed by atoms with van der Waals surface area (Å²) in [6.07, 6.45) is 12.3. The maximum atomic E-state index is 4.32. The lowest BCUT2D eigenvalue weighted by Gasteiger charge is -2.16. The van der Waals surface area contributed by atoms with Crippen molar-refractivity contribution in [3.8, 4) is 0 Å². The average molecular weight is 235 g/mol. The van der Waals surface area contributed by atoms with E-state index in [9.17, 15) is 0 Å². The number of anilines is 1. The molecule has 0 aliphatic rings. The molecule has 0 aromatic carbocycles. The van der Waals surface area contributed by atoms with Gasteiger partial charge in [-0.05, 0) is 13.3 Å². The van der Waals surface area contributed by atoms with E-state index in [1.807, 2.05) is 12.3 Å². The van der Waals surface area contributed by atoms with Crippen LogP contribution in [0.3, 0.4) is 0 Å². The molecule has 1 N–H and O–H groups in total. The van der Waals surface area contributed by atoms with Gasteiger partial charge < -0.3 is 9.88 Å². The number of imidazole rings is 1. The van der Waals surface area contributed by atoms with E-state index in [4.69, 9.17) is 0 Å². The van der Waals surface area contributed by atoms with Crippen LogP contribution in [0.4, 0.5) is 5.95 Å². The molecule has 1 aromatic heterocycles. The van der Waals surface area contributed by atoms with Crippen molar-refractivity contribution in [1.82, 2.24) is 9.55 Å². The van der Waals surface area contributed by atoms with Gasteiger partial charge >= 0.3 is 0 Å². The fourth-order valence-corrected chi connectivity index (χ4v) is 1.97. The van der Waals surface area contributed by atoms with Gasteiger partial charge in [0.05, 0.1) is 0 Å². The third-order valence-electron chi connectivity index (χ3n) is 3.02. The first kappa shape index (κ1) is 13.8. The van der Waals surface area contributed by atoms with Crippen LogP contribution in [-0.2, 0) is 0 Å². The van der Waals surface area contributed by atoms with Crippen molar-refractivity contribution in [2.75, 3.05) is 11.9 Å². The van der Waals surface area contributed by atoms with Gasteiger partial charge in [-0.25, -0.2) is 4.98 Å². The van der Waals surface area contributed by atoms with E-state index in [1.165, 1.54) is 32.1 Å². The number of aromatic nitrogens is 2. The predicted molar refractivity (Wildman–Crippen MR) is 74.4 cm³/mol. The Kier molecular flexibility index (Phi) is 6.45. The number of nitrogens with one attached hydrogen (secondary N) is 1. The van der Waals surface area contributed by atoms with Crippen LogP contribution < -0.4 is 5.32 Å². The van der Waals surface area contributed by atoms with E-state index in [0.29, 0.717) is 6.04 Å². The molecule has 0 aliphatic heterocycles. The molecule has 0 spiro atoms. The molecule has 17 heavy (non-hydrogen) atoms. The van der Waals surface area contributed by atoms with Crippen LogP contribution in [0.15, 0.2) is 25.0 Å². The SMILES string of the molecule is C=CCNc1nccn1C(C)CCCCCC. The van der Waals surface area contributed by atoms with E-state index in [0.717, 1.165) is 12.5 Å². The highest BCUT2D eigenvalue weighted by atomic mass is 15.2. The smallest absolute Gasteiger partial charge is 0.203 e. The van der Waals surface area contributed by atoms with Crippen molar-refractivity contribution in [1.29, 1.82) is 0 Å². The van der Waals surface area contributed by atoms with Gasteiger partial charge in [-0.3, -0.25) is 0 Å². The van der Waals surface area contributed by atoms with E-state index in [1.54, 1.807) is 0 Å². The lowest BCUT2D eigenvalue weighted by atomic mass is 10.1. The number of unbranched alkanes of at least 4 members (excludes halogenated alkanes) is 3. The van der Waals surface area contributed by atoms with Crippen molar-refractivity contribution in [3.05, 3.63) is 25.0 Å². The number of rotatable bonds is 9. The summed E-state index contributed by atoms with van der Waals surface area (Å²) in [6.45, 7) is 8.97. The molecule has 0 saturated heterocycles. The summed E-state index contributed by atoms with van der Waals surface area (Å²) in [7, 11) is 0. The van der Waals surface area contributed by atoms with Gasteiger partial charge in [0.25, 0.3) is 0 Å². The second-order valence-electron chi connectivity index (χ2n) is 4.53. The molecule has 0 aliphatic carbocycles. The highest BCUT2D eigenvalue weighted by molar-refractivity contribution is 5.27. The van der Waals surface area contributed by atoms with Gasteiger partial charge in [0, 0.05) is 25.0 Å². The first-order chi connectivity index (χ1) is 8.29. The number of nitrogens with zero attached hydrogens (tertiary/aromatic N) is 2. The second kappa shape index (κ2) is 7.93. The summed E-state index contributed by atoms with van der Waals surface area (Å²) in [4.78, 5) is 4.32. The van der Waals surface area contributed by atoms with Crippen molar-refractivity contribution in [3.63, 3.8) is 0 Å². The highest BCUT2D eigenvalue weighted by Gasteiger charge is 2.08. The normalized spacial score (nSPS) is 12.4. The van der Waals surface area contributed by atoms with Gasteiger partial charge in [-0.15, -0.1) is 6.58 Å². The van der Waals surface area contributed by atoms with Crippen LogP contribution in [0.1, 0.15) is 52.0 Å². The van der Waals surface area contributed by atoms with Crippen LogP contribution in [0, 0.1) is 0 Å². The zero-order chi connectivity index (χ0) is 12.5. The van der Waals surface area contributed by atoms with E-state index < -0.39 is 0 Å². The fourth-order valence-electron chi connectivity index (χ4n) is 1.97. The molecular weight excluding hydrogens is 210 g/mol. The van der Waals surface area contributed by atoms with Crippen molar-refractivity contribution in [2.24, 2.45) is 0 Å². The predicted octanol–water partition coefficient (Wildman–Crippen LogP) is 4.01. The van der Waals surface area contributed by atoms with Crippen molar-refractivity contribution < 1.29 is 0 Å². The third-order valence-corrected chi connectivity index (χ3v) is 3.02. The Morgan fingerprint density at radius 1 is 1.47 bits per heavy atom. The molecule has 1 heterocycles. The minimum Gasteiger partial charge on any atom is -0.352 e. The molecule has 0 fully saturated rings. The maximum Gasteiger partial charge on any atom is 0.203 e.